The minimum absolute atomic E-state index is 0.176. The molecule has 0 aliphatic rings. The van der Waals surface area contributed by atoms with Crippen LogP contribution in [0.3, 0.4) is 0 Å². The van der Waals surface area contributed by atoms with Crippen LogP contribution in [0, 0.1) is 0 Å². The molecule has 0 atom stereocenters. The summed E-state index contributed by atoms with van der Waals surface area (Å²) in [6.45, 7) is 9.72. The van der Waals surface area contributed by atoms with Gasteiger partial charge in [-0.1, -0.05) is 26.6 Å². The van der Waals surface area contributed by atoms with Crippen LogP contribution in [0.15, 0.2) is 18.2 Å². The number of rotatable bonds is 10. The van der Waals surface area contributed by atoms with Gasteiger partial charge in [0.15, 0.2) is 18.3 Å². The fraction of sp³-hybridized carbons (Fsp3) is 0.588. The van der Waals surface area contributed by atoms with Crippen molar-refractivity contribution >= 4 is 14.0 Å². The van der Waals surface area contributed by atoms with Gasteiger partial charge in [-0.2, -0.15) is 0 Å². The normalized spacial score (nSPS) is 11.2. The Balaban J connectivity index is 2.51. The van der Waals surface area contributed by atoms with Crippen LogP contribution in [0.25, 0.3) is 0 Å². The zero-order valence-corrected chi connectivity index (χ0v) is 15.8. The summed E-state index contributed by atoms with van der Waals surface area (Å²) in [4.78, 5) is 11.5. The summed E-state index contributed by atoms with van der Waals surface area (Å²) in [6.07, 6.45) is 1.15. The van der Waals surface area contributed by atoms with Crippen LogP contribution in [0.1, 0.15) is 19.8 Å². The first-order chi connectivity index (χ1) is 10.9. The van der Waals surface area contributed by atoms with Crippen molar-refractivity contribution in [3.05, 3.63) is 18.2 Å². The van der Waals surface area contributed by atoms with Crippen LogP contribution in [0.5, 0.6) is 17.2 Å². The molecule has 0 aromatic heterocycles. The number of hydrogen-bond acceptors (Lipinski definition) is 5. The zero-order valence-electron chi connectivity index (χ0n) is 14.8. The Bertz CT molecular complexity index is 496. The van der Waals surface area contributed by atoms with Crippen LogP contribution < -0.4 is 14.2 Å². The van der Waals surface area contributed by atoms with E-state index in [9.17, 15) is 4.79 Å². The van der Waals surface area contributed by atoms with Gasteiger partial charge in [0.05, 0.1) is 7.11 Å². The maximum Gasteiger partial charge on any atom is 0.311 e. The van der Waals surface area contributed by atoms with E-state index in [0.717, 1.165) is 12.5 Å². The third kappa shape index (κ3) is 8.04. The van der Waals surface area contributed by atoms with Gasteiger partial charge in [-0.15, -0.1) is 0 Å². The van der Waals surface area contributed by atoms with E-state index in [4.69, 9.17) is 18.9 Å². The van der Waals surface area contributed by atoms with Crippen molar-refractivity contribution in [1.82, 2.24) is 0 Å². The number of hydrogen-bond donors (Lipinski definition) is 0. The Labute approximate surface area is 139 Å². The van der Waals surface area contributed by atoms with Gasteiger partial charge in [0.1, 0.15) is 5.75 Å². The third-order valence-corrected chi connectivity index (χ3v) is 4.82. The van der Waals surface area contributed by atoms with E-state index in [0.29, 0.717) is 30.3 Å². The molecule has 0 aliphatic heterocycles. The van der Waals surface area contributed by atoms with Gasteiger partial charge < -0.3 is 18.9 Å². The highest BCUT2D eigenvalue weighted by Crippen LogP contribution is 2.31. The first kappa shape index (κ1) is 19.5. The van der Waals surface area contributed by atoms with E-state index in [2.05, 4.69) is 19.6 Å². The van der Waals surface area contributed by atoms with E-state index in [1.54, 1.807) is 25.3 Å². The quantitative estimate of drug-likeness (QED) is 0.211. The standard InChI is InChI=1S/C17H28O5Si/c1-6-7-17(18)22-14-8-9-15(16(12-14)19-2)21-13-20-10-11-23(3,4)5/h8-9,12H,6-7,10-11,13H2,1-5H3. The molecule has 1 aromatic rings. The van der Waals surface area contributed by atoms with E-state index in [1.807, 2.05) is 6.92 Å². The lowest BCUT2D eigenvalue weighted by molar-refractivity contribution is -0.134. The summed E-state index contributed by atoms with van der Waals surface area (Å²) < 4.78 is 21.6. The molecule has 6 heteroatoms. The van der Waals surface area contributed by atoms with Crippen molar-refractivity contribution in [2.45, 2.75) is 45.5 Å². The summed E-state index contributed by atoms with van der Waals surface area (Å²) >= 11 is 0. The second kappa shape index (κ2) is 9.57. The van der Waals surface area contributed by atoms with Gasteiger partial charge in [0.2, 0.25) is 0 Å². The number of esters is 1. The van der Waals surface area contributed by atoms with Crippen molar-refractivity contribution < 1.29 is 23.7 Å². The van der Waals surface area contributed by atoms with Gasteiger partial charge in [0, 0.05) is 27.2 Å². The van der Waals surface area contributed by atoms with Crippen molar-refractivity contribution in [1.29, 1.82) is 0 Å². The molecule has 5 nitrogen and oxygen atoms in total. The minimum Gasteiger partial charge on any atom is -0.493 e. The molecule has 0 aliphatic carbocycles. The Kier molecular flexibility index (Phi) is 8.12. The molecule has 0 unspecified atom stereocenters. The molecule has 23 heavy (non-hydrogen) atoms. The van der Waals surface area contributed by atoms with Gasteiger partial charge in [0.25, 0.3) is 0 Å². The van der Waals surface area contributed by atoms with Gasteiger partial charge in [-0.25, -0.2) is 0 Å². The van der Waals surface area contributed by atoms with E-state index in [-0.39, 0.29) is 12.8 Å². The second-order valence-corrected chi connectivity index (χ2v) is 12.1. The highest BCUT2D eigenvalue weighted by Gasteiger charge is 2.13. The fourth-order valence-electron chi connectivity index (χ4n) is 1.76. The number of benzene rings is 1. The molecule has 1 aromatic carbocycles. The number of carbonyl (C=O) groups excluding carboxylic acids is 1. The molecule has 0 heterocycles. The van der Waals surface area contributed by atoms with Crippen LogP contribution in [0.2, 0.25) is 25.7 Å². The molecule has 0 bridgehead atoms. The average molecular weight is 340 g/mol. The third-order valence-electron chi connectivity index (χ3n) is 3.12. The van der Waals surface area contributed by atoms with Gasteiger partial charge in [-0.05, 0) is 24.6 Å². The van der Waals surface area contributed by atoms with E-state index in [1.165, 1.54) is 0 Å². The van der Waals surface area contributed by atoms with Crippen molar-refractivity contribution in [3.8, 4) is 17.2 Å². The monoisotopic (exact) mass is 340 g/mol. The van der Waals surface area contributed by atoms with Crippen LogP contribution >= 0.6 is 0 Å². The van der Waals surface area contributed by atoms with Crippen LogP contribution in [0.4, 0.5) is 0 Å². The molecule has 0 amide bonds. The maximum atomic E-state index is 11.5. The Morgan fingerprint density at radius 2 is 1.91 bits per heavy atom. The number of methoxy groups -OCH3 is 1. The Hall–Kier alpha value is -1.53. The molecular formula is C17H28O5Si. The predicted octanol–water partition coefficient (Wildman–Crippen LogP) is 4.09. The molecule has 0 saturated heterocycles. The smallest absolute Gasteiger partial charge is 0.311 e. The first-order valence-electron chi connectivity index (χ1n) is 7.95. The summed E-state index contributed by atoms with van der Waals surface area (Å²) in [7, 11) is 0.459. The summed E-state index contributed by atoms with van der Waals surface area (Å²) in [6, 6.07) is 6.15. The van der Waals surface area contributed by atoms with Crippen molar-refractivity contribution in [2.75, 3.05) is 20.5 Å². The first-order valence-corrected chi connectivity index (χ1v) is 11.7. The molecular weight excluding hydrogens is 312 g/mol. The molecule has 0 spiro atoms. The maximum absolute atomic E-state index is 11.5. The Morgan fingerprint density at radius 3 is 2.52 bits per heavy atom. The lowest BCUT2D eigenvalue weighted by atomic mass is 10.3. The summed E-state index contributed by atoms with van der Waals surface area (Å²) in [5, 5.41) is 0. The Morgan fingerprint density at radius 1 is 1.17 bits per heavy atom. The van der Waals surface area contributed by atoms with Gasteiger partial charge >= 0.3 is 5.97 Å². The molecule has 0 radical (unpaired) electrons. The van der Waals surface area contributed by atoms with Crippen LogP contribution in [-0.4, -0.2) is 34.6 Å². The molecule has 0 saturated carbocycles. The fourth-order valence-corrected chi connectivity index (χ4v) is 2.52. The van der Waals surface area contributed by atoms with Crippen LogP contribution in [-0.2, 0) is 9.53 Å². The minimum atomic E-state index is -1.09. The lowest BCUT2D eigenvalue weighted by Crippen LogP contribution is -2.22. The summed E-state index contributed by atoms with van der Waals surface area (Å²) in [5.74, 6) is 1.28. The van der Waals surface area contributed by atoms with E-state index < -0.39 is 8.07 Å². The zero-order chi connectivity index (χ0) is 17.3. The summed E-state index contributed by atoms with van der Waals surface area (Å²) in [5.41, 5.74) is 0. The lowest BCUT2D eigenvalue weighted by Gasteiger charge is -2.16. The number of carbonyl (C=O) groups is 1. The molecule has 130 valence electrons. The molecule has 1 rings (SSSR count). The van der Waals surface area contributed by atoms with Crippen molar-refractivity contribution in [2.24, 2.45) is 0 Å². The highest BCUT2D eigenvalue weighted by atomic mass is 28.3. The number of ether oxygens (including phenoxy) is 4. The van der Waals surface area contributed by atoms with Gasteiger partial charge in [-0.3, -0.25) is 4.79 Å². The highest BCUT2D eigenvalue weighted by molar-refractivity contribution is 6.76. The van der Waals surface area contributed by atoms with E-state index >= 15 is 0 Å². The molecule has 0 fully saturated rings. The largest absolute Gasteiger partial charge is 0.493 e. The second-order valence-electron chi connectivity index (χ2n) is 6.52. The topological polar surface area (TPSA) is 54.0 Å². The average Bonchev–Trinajstić information content (AvgIpc) is 2.47. The van der Waals surface area contributed by atoms with Crippen molar-refractivity contribution in [3.63, 3.8) is 0 Å². The molecule has 0 N–H and O–H groups in total. The predicted molar refractivity (Wildman–Crippen MR) is 93.1 cm³/mol. The SMILES string of the molecule is CCCC(=O)Oc1ccc(OCOCC[Si](C)(C)C)c(OC)c1.